The summed E-state index contributed by atoms with van der Waals surface area (Å²) in [4.78, 5) is 6.80. The summed E-state index contributed by atoms with van der Waals surface area (Å²) in [5.41, 5.74) is 6.91. The van der Waals surface area contributed by atoms with Crippen molar-refractivity contribution < 1.29 is 4.52 Å². The molecule has 0 spiro atoms. The molecule has 1 aliphatic rings. The molecule has 1 unspecified atom stereocenters. The van der Waals surface area contributed by atoms with E-state index in [1.54, 1.807) is 0 Å². The van der Waals surface area contributed by atoms with E-state index in [1.807, 2.05) is 0 Å². The number of likely N-dealkylation sites (tertiary alicyclic amines) is 1. The lowest BCUT2D eigenvalue weighted by Crippen LogP contribution is -2.28. The Morgan fingerprint density at radius 3 is 2.81 bits per heavy atom. The Hall–Kier alpha value is -1.72. The van der Waals surface area contributed by atoms with E-state index < -0.39 is 0 Å². The number of hydrogen-bond acceptors (Lipinski definition) is 5. The van der Waals surface area contributed by atoms with E-state index in [0.29, 0.717) is 18.5 Å². The summed E-state index contributed by atoms with van der Waals surface area (Å²) in [5, 5.41) is 4.03. The summed E-state index contributed by atoms with van der Waals surface area (Å²) in [6.45, 7) is 2.10. The molecule has 2 heterocycles. The van der Waals surface area contributed by atoms with Crippen LogP contribution in [-0.4, -0.2) is 21.6 Å². The lowest BCUT2D eigenvalue weighted by atomic mass is 10.0. The van der Waals surface area contributed by atoms with Crippen molar-refractivity contribution in [1.82, 2.24) is 15.0 Å². The van der Waals surface area contributed by atoms with Gasteiger partial charge < -0.3 is 10.3 Å². The average Bonchev–Trinajstić information content (AvgIpc) is 2.86. The van der Waals surface area contributed by atoms with Gasteiger partial charge >= 0.3 is 0 Å². The van der Waals surface area contributed by atoms with Crippen molar-refractivity contribution in [3.05, 3.63) is 47.6 Å². The molecular weight excluding hydrogens is 264 g/mol. The molecule has 1 fully saturated rings. The SMILES string of the molecule is NCc1nc(CN2CCCCCC2c2ccccc2)no1. The van der Waals surface area contributed by atoms with E-state index >= 15 is 0 Å². The maximum atomic E-state index is 5.53. The van der Waals surface area contributed by atoms with Gasteiger partial charge in [-0.2, -0.15) is 4.98 Å². The van der Waals surface area contributed by atoms with Crippen molar-refractivity contribution in [2.45, 2.75) is 44.8 Å². The summed E-state index contributed by atoms with van der Waals surface area (Å²) in [6, 6.07) is 11.2. The molecular formula is C16H22N4O. The summed E-state index contributed by atoms with van der Waals surface area (Å²) >= 11 is 0. The van der Waals surface area contributed by atoms with Crippen LogP contribution in [0, 0.1) is 0 Å². The molecule has 0 saturated carbocycles. The maximum absolute atomic E-state index is 5.53. The van der Waals surface area contributed by atoms with Gasteiger partial charge in [-0.05, 0) is 24.9 Å². The largest absolute Gasteiger partial charge is 0.338 e. The van der Waals surface area contributed by atoms with E-state index in [-0.39, 0.29) is 0 Å². The molecule has 0 radical (unpaired) electrons. The minimum absolute atomic E-state index is 0.301. The fourth-order valence-corrected chi connectivity index (χ4v) is 3.03. The van der Waals surface area contributed by atoms with Crippen LogP contribution < -0.4 is 5.73 Å². The average molecular weight is 286 g/mol. The Kier molecular flexibility index (Phi) is 4.62. The molecule has 5 heteroatoms. The molecule has 5 nitrogen and oxygen atoms in total. The van der Waals surface area contributed by atoms with Crippen molar-refractivity contribution in [1.29, 1.82) is 0 Å². The van der Waals surface area contributed by atoms with Crippen molar-refractivity contribution >= 4 is 0 Å². The van der Waals surface area contributed by atoms with Gasteiger partial charge in [0.1, 0.15) is 0 Å². The van der Waals surface area contributed by atoms with Crippen LogP contribution in [0.3, 0.4) is 0 Å². The number of hydrogen-bond donors (Lipinski definition) is 1. The molecule has 2 aromatic rings. The first-order valence-corrected chi connectivity index (χ1v) is 7.67. The van der Waals surface area contributed by atoms with Gasteiger partial charge in [0.15, 0.2) is 5.82 Å². The topological polar surface area (TPSA) is 68.2 Å². The predicted molar refractivity (Wildman–Crippen MR) is 80.3 cm³/mol. The van der Waals surface area contributed by atoms with Gasteiger partial charge in [0.2, 0.25) is 5.89 Å². The Bertz CT molecular complexity index is 554. The highest BCUT2D eigenvalue weighted by molar-refractivity contribution is 5.19. The molecule has 1 saturated heterocycles. The van der Waals surface area contributed by atoms with Crippen molar-refractivity contribution in [3.63, 3.8) is 0 Å². The zero-order valence-electron chi connectivity index (χ0n) is 12.2. The minimum atomic E-state index is 0.301. The van der Waals surface area contributed by atoms with Gasteiger partial charge in [0.05, 0.1) is 13.1 Å². The third-order valence-corrected chi connectivity index (χ3v) is 4.08. The first-order chi connectivity index (χ1) is 10.4. The summed E-state index contributed by atoms with van der Waals surface area (Å²) in [5.74, 6) is 1.24. The smallest absolute Gasteiger partial charge is 0.240 e. The predicted octanol–water partition coefficient (Wildman–Crippen LogP) is 2.65. The Morgan fingerprint density at radius 2 is 2.05 bits per heavy atom. The van der Waals surface area contributed by atoms with E-state index in [4.69, 9.17) is 10.3 Å². The number of rotatable bonds is 4. The van der Waals surface area contributed by atoms with Crippen LogP contribution >= 0.6 is 0 Å². The molecule has 2 N–H and O–H groups in total. The molecule has 1 aliphatic heterocycles. The van der Waals surface area contributed by atoms with Crippen molar-refractivity contribution in [2.24, 2.45) is 5.73 Å². The molecule has 112 valence electrons. The normalized spacial score (nSPS) is 20.3. The van der Waals surface area contributed by atoms with Crippen LogP contribution in [-0.2, 0) is 13.1 Å². The van der Waals surface area contributed by atoms with Gasteiger partial charge in [-0.15, -0.1) is 0 Å². The lowest BCUT2D eigenvalue weighted by molar-refractivity contribution is 0.185. The van der Waals surface area contributed by atoms with Gasteiger partial charge in [0.25, 0.3) is 0 Å². The molecule has 0 bridgehead atoms. The highest BCUT2D eigenvalue weighted by atomic mass is 16.5. The van der Waals surface area contributed by atoms with Crippen LogP contribution in [0.5, 0.6) is 0 Å². The number of nitrogens with zero attached hydrogens (tertiary/aromatic N) is 3. The fraction of sp³-hybridized carbons (Fsp3) is 0.500. The Labute approximate surface area is 125 Å². The number of benzene rings is 1. The second kappa shape index (κ2) is 6.83. The van der Waals surface area contributed by atoms with Crippen molar-refractivity contribution in [2.75, 3.05) is 6.54 Å². The van der Waals surface area contributed by atoms with Crippen LogP contribution in [0.1, 0.15) is 49.0 Å². The molecule has 0 amide bonds. The lowest BCUT2D eigenvalue weighted by Gasteiger charge is -2.29. The Balaban J connectivity index is 1.78. The summed E-state index contributed by atoms with van der Waals surface area (Å²) in [7, 11) is 0. The number of aromatic nitrogens is 2. The van der Waals surface area contributed by atoms with E-state index in [1.165, 1.54) is 31.2 Å². The minimum Gasteiger partial charge on any atom is -0.338 e. The van der Waals surface area contributed by atoms with Gasteiger partial charge in [-0.25, -0.2) is 0 Å². The quantitative estimate of drug-likeness (QED) is 0.935. The van der Waals surface area contributed by atoms with Gasteiger partial charge in [-0.1, -0.05) is 48.3 Å². The summed E-state index contributed by atoms with van der Waals surface area (Å²) in [6.07, 6.45) is 4.98. The van der Waals surface area contributed by atoms with E-state index in [2.05, 4.69) is 45.4 Å². The zero-order chi connectivity index (χ0) is 14.5. The first kappa shape index (κ1) is 14.2. The van der Waals surface area contributed by atoms with E-state index in [9.17, 15) is 0 Å². The Morgan fingerprint density at radius 1 is 1.19 bits per heavy atom. The standard InChI is InChI=1S/C16H22N4O/c17-11-16-18-15(19-21-16)12-20-10-6-2-5-9-14(20)13-7-3-1-4-8-13/h1,3-4,7-8,14H,2,5-6,9-12,17H2. The number of nitrogens with two attached hydrogens (primary N) is 1. The van der Waals surface area contributed by atoms with Crippen LogP contribution in [0.2, 0.25) is 0 Å². The monoisotopic (exact) mass is 286 g/mol. The maximum Gasteiger partial charge on any atom is 0.240 e. The van der Waals surface area contributed by atoms with E-state index in [0.717, 1.165) is 18.9 Å². The molecule has 1 aromatic carbocycles. The molecule has 21 heavy (non-hydrogen) atoms. The van der Waals surface area contributed by atoms with Crippen LogP contribution in [0.25, 0.3) is 0 Å². The second-order valence-electron chi connectivity index (χ2n) is 5.55. The second-order valence-corrected chi connectivity index (χ2v) is 5.55. The molecule has 1 aromatic heterocycles. The van der Waals surface area contributed by atoms with Crippen LogP contribution in [0.15, 0.2) is 34.9 Å². The van der Waals surface area contributed by atoms with Crippen LogP contribution in [0.4, 0.5) is 0 Å². The highest BCUT2D eigenvalue weighted by Crippen LogP contribution is 2.30. The molecule has 0 aliphatic carbocycles. The summed E-state index contributed by atoms with van der Waals surface area (Å²) < 4.78 is 5.11. The third-order valence-electron chi connectivity index (χ3n) is 4.08. The zero-order valence-corrected chi connectivity index (χ0v) is 12.2. The van der Waals surface area contributed by atoms with Gasteiger partial charge in [-0.3, -0.25) is 4.90 Å². The highest BCUT2D eigenvalue weighted by Gasteiger charge is 2.24. The molecule has 3 rings (SSSR count). The first-order valence-electron chi connectivity index (χ1n) is 7.67. The third kappa shape index (κ3) is 3.49. The van der Waals surface area contributed by atoms with Gasteiger partial charge in [0, 0.05) is 6.04 Å². The fourth-order valence-electron chi connectivity index (χ4n) is 3.03. The molecule has 1 atom stereocenters. The van der Waals surface area contributed by atoms with Crippen molar-refractivity contribution in [3.8, 4) is 0 Å².